The number of carboxylic acids is 1. The zero-order valence-corrected chi connectivity index (χ0v) is 19.0. The molecule has 1 unspecified atom stereocenters. The van der Waals surface area contributed by atoms with E-state index in [9.17, 15) is 9.59 Å². The number of pyridine rings is 1. The second-order valence-corrected chi connectivity index (χ2v) is 8.70. The number of nitrogens with zero attached hydrogens (tertiary/aromatic N) is 3. The van der Waals surface area contributed by atoms with Gasteiger partial charge in [0.2, 0.25) is 5.91 Å². The van der Waals surface area contributed by atoms with Crippen LogP contribution in [0.1, 0.15) is 42.0 Å². The van der Waals surface area contributed by atoms with Gasteiger partial charge < -0.3 is 5.11 Å². The molecule has 0 fully saturated rings. The van der Waals surface area contributed by atoms with E-state index < -0.39 is 12.0 Å². The molecule has 1 aliphatic rings. The smallest absolute Gasteiger partial charge is 0.303 e. The molecule has 3 aromatic rings. The molecule has 0 spiro atoms. The summed E-state index contributed by atoms with van der Waals surface area (Å²) in [7, 11) is 0. The fourth-order valence-corrected chi connectivity index (χ4v) is 4.39. The van der Waals surface area contributed by atoms with Crippen LogP contribution in [0.2, 0.25) is 5.15 Å². The van der Waals surface area contributed by atoms with Gasteiger partial charge in [-0.3, -0.25) is 9.59 Å². The van der Waals surface area contributed by atoms with Gasteiger partial charge in [0, 0.05) is 28.3 Å². The molecule has 6 nitrogen and oxygen atoms in total. The molecule has 0 saturated heterocycles. The van der Waals surface area contributed by atoms with Crippen LogP contribution in [-0.4, -0.2) is 32.7 Å². The van der Waals surface area contributed by atoms with Crippen molar-refractivity contribution >= 4 is 56.0 Å². The van der Waals surface area contributed by atoms with Gasteiger partial charge in [0.1, 0.15) is 5.15 Å². The molecule has 2 heterocycles. The average Bonchev–Trinajstić information content (AvgIpc) is 3.17. The van der Waals surface area contributed by atoms with Gasteiger partial charge in [0.25, 0.3) is 0 Å². The quantitative estimate of drug-likeness (QED) is 0.469. The van der Waals surface area contributed by atoms with E-state index in [0.29, 0.717) is 17.1 Å². The van der Waals surface area contributed by atoms with Crippen LogP contribution in [0.5, 0.6) is 0 Å². The number of carboxylic acid groups (broad SMARTS) is 1. The third-order valence-electron chi connectivity index (χ3n) is 5.26. The van der Waals surface area contributed by atoms with Gasteiger partial charge in [0.05, 0.1) is 23.7 Å². The largest absolute Gasteiger partial charge is 0.481 e. The van der Waals surface area contributed by atoms with E-state index in [4.69, 9.17) is 16.7 Å². The summed E-state index contributed by atoms with van der Waals surface area (Å²) in [5.74, 6) is -1.39. The molecule has 0 radical (unpaired) electrons. The maximum absolute atomic E-state index is 12.9. The summed E-state index contributed by atoms with van der Waals surface area (Å²) in [5.41, 5.74) is 4.13. The molecule has 1 atom stereocenters. The minimum Gasteiger partial charge on any atom is -0.481 e. The van der Waals surface area contributed by atoms with E-state index in [0.717, 1.165) is 32.2 Å². The number of hydrogen-bond acceptors (Lipinski definition) is 4. The summed E-state index contributed by atoms with van der Waals surface area (Å²) < 4.78 is 0.904. The number of para-hydroxylation sites is 1. The topological polar surface area (TPSA) is 82.9 Å². The summed E-state index contributed by atoms with van der Waals surface area (Å²) in [6.45, 7) is 1.97. The van der Waals surface area contributed by atoms with E-state index in [1.54, 1.807) is 0 Å². The third-order valence-corrected chi connectivity index (χ3v) is 6.06. The highest BCUT2D eigenvalue weighted by atomic mass is 79.9. The minimum atomic E-state index is -1.03. The molecule has 31 heavy (non-hydrogen) atoms. The molecular formula is C23H19BrClN3O3. The number of halogens is 2. The van der Waals surface area contributed by atoms with Crippen molar-refractivity contribution in [2.45, 2.75) is 32.2 Å². The number of aliphatic carboxylic acids is 1. The number of hydrazone groups is 1. The fourth-order valence-electron chi connectivity index (χ4n) is 3.73. The van der Waals surface area contributed by atoms with Crippen molar-refractivity contribution in [3.05, 3.63) is 74.8 Å². The van der Waals surface area contributed by atoms with Gasteiger partial charge in [-0.05, 0) is 36.2 Å². The average molecular weight is 501 g/mol. The van der Waals surface area contributed by atoms with Crippen LogP contribution >= 0.6 is 27.5 Å². The minimum absolute atomic E-state index is 0.140. The van der Waals surface area contributed by atoms with Gasteiger partial charge in [-0.15, -0.1) is 0 Å². The normalized spacial score (nSPS) is 15.9. The first-order chi connectivity index (χ1) is 14.8. The van der Waals surface area contributed by atoms with Crippen LogP contribution in [0, 0.1) is 6.92 Å². The van der Waals surface area contributed by atoms with Crippen molar-refractivity contribution in [3.63, 3.8) is 0 Å². The van der Waals surface area contributed by atoms with Crippen molar-refractivity contribution in [1.82, 2.24) is 9.99 Å². The van der Waals surface area contributed by atoms with Crippen molar-refractivity contribution in [2.75, 3.05) is 0 Å². The zero-order chi connectivity index (χ0) is 22.1. The summed E-state index contributed by atoms with van der Waals surface area (Å²) in [4.78, 5) is 28.4. The summed E-state index contributed by atoms with van der Waals surface area (Å²) in [6.07, 6.45) is 0.0551. The number of amides is 1. The number of aromatic nitrogens is 1. The lowest BCUT2D eigenvalue weighted by Gasteiger charge is -2.23. The lowest BCUT2D eigenvalue weighted by Crippen LogP contribution is -2.27. The molecule has 4 rings (SSSR count). The van der Waals surface area contributed by atoms with Gasteiger partial charge in [-0.25, -0.2) is 9.99 Å². The summed E-state index contributed by atoms with van der Waals surface area (Å²) >= 11 is 10.0. The number of aryl methyl sites for hydroxylation is 1. The number of carbonyl (C=O) groups is 2. The predicted octanol–water partition coefficient (Wildman–Crippen LogP) is 5.50. The van der Waals surface area contributed by atoms with Crippen LogP contribution in [0.3, 0.4) is 0 Å². The molecule has 1 aliphatic heterocycles. The number of fused-ring (bicyclic) bond motifs is 1. The van der Waals surface area contributed by atoms with Gasteiger partial charge in [0.15, 0.2) is 0 Å². The van der Waals surface area contributed by atoms with E-state index in [1.165, 1.54) is 5.01 Å². The molecule has 1 aromatic heterocycles. The standard InChI is InChI=1S/C23H19BrClN3O3/c1-13-4-2-6-15-11-17(23(25)26-22(13)15)19-12-18(14-5-3-7-16(24)10-14)27-28(19)20(29)8-9-21(30)31/h2-7,10-11,19H,8-9,12H2,1H3,(H,30,31). The lowest BCUT2D eigenvalue weighted by atomic mass is 9.98. The Balaban J connectivity index is 1.76. The molecular weight excluding hydrogens is 482 g/mol. The molecule has 158 valence electrons. The van der Waals surface area contributed by atoms with Crippen LogP contribution in [0.4, 0.5) is 0 Å². The molecule has 2 aromatic carbocycles. The van der Waals surface area contributed by atoms with E-state index >= 15 is 0 Å². The van der Waals surface area contributed by atoms with E-state index in [1.807, 2.05) is 55.5 Å². The van der Waals surface area contributed by atoms with Crippen LogP contribution in [-0.2, 0) is 9.59 Å². The van der Waals surface area contributed by atoms with Crippen molar-refractivity contribution < 1.29 is 14.7 Å². The Bertz CT molecular complexity index is 1230. The molecule has 1 N–H and O–H groups in total. The number of hydrogen-bond donors (Lipinski definition) is 1. The van der Waals surface area contributed by atoms with Crippen molar-refractivity contribution in [2.24, 2.45) is 5.10 Å². The highest BCUT2D eigenvalue weighted by molar-refractivity contribution is 9.10. The van der Waals surface area contributed by atoms with Crippen molar-refractivity contribution in [3.8, 4) is 0 Å². The Hall–Kier alpha value is -2.77. The third kappa shape index (κ3) is 4.48. The molecule has 0 aliphatic carbocycles. The predicted molar refractivity (Wildman–Crippen MR) is 123 cm³/mol. The Kier molecular flexibility index (Phi) is 6.07. The molecule has 1 amide bonds. The SMILES string of the molecule is Cc1cccc2cc(C3CC(c4cccc(Br)c4)=NN3C(=O)CCC(=O)O)c(Cl)nc12. The molecule has 0 bridgehead atoms. The Morgan fingerprint density at radius 1 is 1.19 bits per heavy atom. The number of carbonyl (C=O) groups excluding carboxylic acids is 1. The zero-order valence-electron chi connectivity index (χ0n) is 16.7. The second kappa shape index (κ2) is 8.77. The van der Waals surface area contributed by atoms with E-state index in [-0.39, 0.29) is 18.7 Å². The monoisotopic (exact) mass is 499 g/mol. The first-order valence-electron chi connectivity index (χ1n) is 9.76. The number of benzene rings is 2. The van der Waals surface area contributed by atoms with Crippen LogP contribution < -0.4 is 0 Å². The highest BCUT2D eigenvalue weighted by Gasteiger charge is 2.35. The van der Waals surface area contributed by atoms with Gasteiger partial charge >= 0.3 is 5.97 Å². The first-order valence-corrected chi connectivity index (χ1v) is 10.9. The van der Waals surface area contributed by atoms with Crippen molar-refractivity contribution in [1.29, 1.82) is 0 Å². The van der Waals surface area contributed by atoms with Gasteiger partial charge in [-0.2, -0.15) is 5.10 Å². The Morgan fingerprint density at radius 2 is 1.97 bits per heavy atom. The Labute approximate surface area is 192 Å². The number of rotatable bonds is 5. The van der Waals surface area contributed by atoms with Gasteiger partial charge in [-0.1, -0.05) is 57.9 Å². The molecule has 8 heteroatoms. The fraction of sp³-hybridized carbons (Fsp3) is 0.217. The summed E-state index contributed by atoms with van der Waals surface area (Å²) in [6, 6.07) is 15.0. The van der Waals surface area contributed by atoms with E-state index in [2.05, 4.69) is 26.0 Å². The maximum atomic E-state index is 12.9. The Morgan fingerprint density at radius 3 is 2.71 bits per heavy atom. The second-order valence-electron chi connectivity index (χ2n) is 7.42. The highest BCUT2D eigenvalue weighted by Crippen LogP contribution is 2.38. The van der Waals surface area contributed by atoms with Crippen LogP contribution in [0.15, 0.2) is 58.1 Å². The van der Waals surface area contributed by atoms with Crippen LogP contribution in [0.25, 0.3) is 10.9 Å². The summed E-state index contributed by atoms with van der Waals surface area (Å²) in [5, 5.41) is 16.2. The first kappa shape index (κ1) is 21.5. The molecule has 0 saturated carbocycles. The maximum Gasteiger partial charge on any atom is 0.303 e. The lowest BCUT2D eigenvalue weighted by molar-refractivity contribution is -0.141.